The smallest absolute Gasteiger partial charge is 0.340 e. The van der Waals surface area contributed by atoms with E-state index < -0.39 is 11.9 Å². The SMILES string of the molecule is CCOC(=O)C1=C(N)Oc2oc3ccccc3c(=O)c2C1c1cccc(I)c1. The number of carbonyl (C=O) groups excluding carboxylic acids is 1. The third-order valence-corrected chi connectivity index (χ3v) is 5.19. The Morgan fingerprint density at radius 2 is 2.00 bits per heavy atom. The monoisotopic (exact) mass is 489 g/mol. The Morgan fingerprint density at radius 1 is 1.21 bits per heavy atom. The van der Waals surface area contributed by atoms with Gasteiger partial charge >= 0.3 is 5.97 Å². The molecular weight excluding hydrogens is 473 g/mol. The first-order valence-corrected chi connectivity index (χ1v) is 9.75. The average molecular weight is 489 g/mol. The van der Waals surface area contributed by atoms with E-state index >= 15 is 0 Å². The molecule has 0 bridgehead atoms. The van der Waals surface area contributed by atoms with E-state index in [-0.39, 0.29) is 35.0 Å². The van der Waals surface area contributed by atoms with Crippen LogP contribution < -0.4 is 15.9 Å². The highest BCUT2D eigenvalue weighted by Gasteiger charge is 2.39. The van der Waals surface area contributed by atoms with Crippen LogP contribution in [0.2, 0.25) is 0 Å². The van der Waals surface area contributed by atoms with Crippen molar-refractivity contribution in [1.29, 1.82) is 0 Å². The van der Waals surface area contributed by atoms with Crippen molar-refractivity contribution < 1.29 is 18.7 Å². The summed E-state index contributed by atoms with van der Waals surface area (Å²) in [6.45, 7) is 1.88. The van der Waals surface area contributed by atoms with E-state index in [0.29, 0.717) is 11.0 Å². The van der Waals surface area contributed by atoms with Crippen LogP contribution in [0.4, 0.5) is 0 Å². The lowest BCUT2D eigenvalue weighted by molar-refractivity contribution is -0.139. The number of para-hydroxylation sites is 1. The average Bonchev–Trinajstić information content (AvgIpc) is 2.67. The summed E-state index contributed by atoms with van der Waals surface area (Å²) < 4.78 is 17.5. The fourth-order valence-corrected chi connectivity index (χ4v) is 3.92. The highest BCUT2D eigenvalue weighted by atomic mass is 127. The number of hydrogen-bond donors (Lipinski definition) is 1. The van der Waals surface area contributed by atoms with Crippen LogP contribution in [0.1, 0.15) is 24.0 Å². The van der Waals surface area contributed by atoms with Crippen LogP contribution in [0.5, 0.6) is 5.95 Å². The first-order valence-electron chi connectivity index (χ1n) is 8.67. The van der Waals surface area contributed by atoms with Crippen LogP contribution in [0, 0.1) is 3.57 Å². The summed E-state index contributed by atoms with van der Waals surface area (Å²) >= 11 is 2.17. The normalized spacial score (nSPS) is 15.9. The van der Waals surface area contributed by atoms with E-state index in [9.17, 15) is 9.59 Å². The first-order chi connectivity index (χ1) is 13.5. The molecule has 2 aromatic carbocycles. The lowest BCUT2D eigenvalue weighted by Gasteiger charge is -2.27. The molecule has 7 heteroatoms. The molecule has 1 atom stereocenters. The standard InChI is InChI=1S/C21H16INO5/c1-2-26-20(25)17-15(11-6-5-7-12(22)10-11)16-18(24)13-8-3-4-9-14(13)27-21(16)28-19(17)23/h3-10,15H,2,23H2,1H3. The number of rotatable bonds is 3. The highest BCUT2D eigenvalue weighted by Crippen LogP contribution is 2.42. The van der Waals surface area contributed by atoms with Crippen molar-refractivity contribution in [2.24, 2.45) is 5.73 Å². The van der Waals surface area contributed by atoms with E-state index in [1.165, 1.54) is 0 Å². The third kappa shape index (κ3) is 3.05. The van der Waals surface area contributed by atoms with E-state index in [4.69, 9.17) is 19.6 Å². The molecule has 0 amide bonds. The van der Waals surface area contributed by atoms with Crippen LogP contribution in [-0.4, -0.2) is 12.6 Å². The molecule has 28 heavy (non-hydrogen) atoms. The molecule has 0 spiro atoms. The molecule has 0 saturated heterocycles. The molecule has 0 aliphatic carbocycles. The second-order valence-electron chi connectivity index (χ2n) is 6.22. The lowest BCUT2D eigenvalue weighted by Crippen LogP contribution is -2.31. The second kappa shape index (κ2) is 7.31. The first kappa shape index (κ1) is 18.5. The Bertz CT molecular complexity index is 1180. The molecule has 0 saturated carbocycles. The number of halogens is 1. The molecule has 142 valence electrons. The molecule has 1 aromatic heterocycles. The van der Waals surface area contributed by atoms with Crippen molar-refractivity contribution in [2.45, 2.75) is 12.8 Å². The van der Waals surface area contributed by atoms with Gasteiger partial charge in [0, 0.05) is 3.57 Å². The molecule has 0 fully saturated rings. The van der Waals surface area contributed by atoms with E-state index in [1.807, 2.05) is 24.3 Å². The third-order valence-electron chi connectivity index (χ3n) is 4.52. The van der Waals surface area contributed by atoms with Gasteiger partial charge in [0.15, 0.2) is 0 Å². The van der Waals surface area contributed by atoms with Gasteiger partial charge in [0.25, 0.3) is 5.95 Å². The molecule has 2 heterocycles. The maximum Gasteiger partial charge on any atom is 0.340 e. The number of carbonyl (C=O) groups is 1. The number of fused-ring (bicyclic) bond motifs is 2. The van der Waals surface area contributed by atoms with E-state index in [1.54, 1.807) is 31.2 Å². The van der Waals surface area contributed by atoms with Gasteiger partial charge in [-0.2, -0.15) is 0 Å². The maximum atomic E-state index is 13.3. The summed E-state index contributed by atoms with van der Waals surface area (Å²) in [5.41, 5.74) is 7.26. The van der Waals surface area contributed by atoms with Crippen LogP contribution >= 0.6 is 22.6 Å². The van der Waals surface area contributed by atoms with Gasteiger partial charge in [-0.1, -0.05) is 24.3 Å². The predicted molar refractivity (Wildman–Crippen MR) is 112 cm³/mol. The minimum absolute atomic E-state index is 0.00175. The summed E-state index contributed by atoms with van der Waals surface area (Å²) in [5, 5.41) is 0.407. The van der Waals surface area contributed by atoms with Crippen molar-refractivity contribution in [1.82, 2.24) is 0 Å². The van der Waals surface area contributed by atoms with Crippen molar-refractivity contribution in [3.8, 4) is 5.95 Å². The molecule has 2 N–H and O–H groups in total. The fraction of sp³-hybridized carbons (Fsp3) is 0.143. The Kier molecular flexibility index (Phi) is 4.84. The number of hydrogen-bond acceptors (Lipinski definition) is 6. The summed E-state index contributed by atoms with van der Waals surface area (Å²) in [6.07, 6.45) is 0. The van der Waals surface area contributed by atoms with E-state index in [2.05, 4.69) is 22.6 Å². The fourth-order valence-electron chi connectivity index (χ4n) is 3.35. The molecule has 1 aliphatic heterocycles. The topological polar surface area (TPSA) is 91.8 Å². The zero-order chi connectivity index (χ0) is 19.8. The Morgan fingerprint density at radius 3 is 2.75 bits per heavy atom. The highest BCUT2D eigenvalue weighted by molar-refractivity contribution is 14.1. The Hall–Kier alpha value is -2.81. The zero-order valence-electron chi connectivity index (χ0n) is 14.9. The summed E-state index contributed by atoms with van der Waals surface area (Å²) in [6, 6.07) is 14.4. The largest absolute Gasteiger partial charge is 0.462 e. The van der Waals surface area contributed by atoms with Crippen LogP contribution in [0.3, 0.4) is 0 Å². The van der Waals surface area contributed by atoms with Crippen LogP contribution in [-0.2, 0) is 9.53 Å². The number of nitrogens with two attached hydrogens (primary N) is 1. The quantitative estimate of drug-likeness (QED) is 0.446. The van der Waals surface area contributed by atoms with Crippen molar-refractivity contribution in [3.63, 3.8) is 0 Å². The van der Waals surface area contributed by atoms with Crippen molar-refractivity contribution in [3.05, 3.63) is 84.9 Å². The number of benzene rings is 2. The molecule has 1 unspecified atom stereocenters. The molecule has 4 rings (SSSR count). The van der Waals surface area contributed by atoms with Gasteiger partial charge < -0.3 is 19.6 Å². The van der Waals surface area contributed by atoms with Crippen LogP contribution in [0.15, 0.2) is 69.2 Å². The maximum absolute atomic E-state index is 13.3. The molecule has 0 radical (unpaired) electrons. The van der Waals surface area contributed by atoms with E-state index in [0.717, 1.165) is 9.13 Å². The summed E-state index contributed by atoms with van der Waals surface area (Å²) in [5.74, 6) is -1.51. The summed E-state index contributed by atoms with van der Waals surface area (Å²) in [4.78, 5) is 26.0. The van der Waals surface area contributed by atoms with Gasteiger partial charge in [-0.05, 0) is 59.3 Å². The van der Waals surface area contributed by atoms with Gasteiger partial charge in [-0.3, -0.25) is 4.79 Å². The minimum Gasteiger partial charge on any atom is -0.462 e. The predicted octanol–water partition coefficient (Wildman–Crippen LogP) is 3.66. The van der Waals surface area contributed by atoms with Crippen LogP contribution in [0.25, 0.3) is 11.0 Å². The second-order valence-corrected chi connectivity index (χ2v) is 7.46. The molecule has 1 aliphatic rings. The Labute approximate surface area is 174 Å². The van der Waals surface area contributed by atoms with Gasteiger partial charge in [0.05, 0.1) is 23.5 Å². The summed E-state index contributed by atoms with van der Waals surface area (Å²) in [7, 11) is 0. The van der Waals surface area contributed by atoms with Gasteiger partial charge in [-0.15, -0.1) is 0 Å². The molecule has 6 nitrogen and oxygen atoms in total. The van der Waals surface area contributed by atoms with Gasteiger partial charge in [0.2, 0.25) is 11.3 Å². The zero-order valence-corrected chi connectivity index (χ0v) is 17.1. The molecular formula is C21H16INO5. The Balaban J connectivity index is 2.04. The van der Waals surface area contributed by atoms with Gasteiger partial charge in [-0.25, -0.2) is 4.79 Å². The lowest BCUT2D eigenvalue weighted by atomic mass is 9.83. The molecule has 3 aromatic rings. The van der Waals surface area contributed by atoms with Crippen molar-refractivity contribution >= 4 is 39.5 Å². The van der Waals surface area contributed by atoms with Crippen molar-refractivity contribution in [2.75, 3.05) is 6.61 Å². The number of ether oxygens (including phenoxy) is 2. The minimum atomic E-state index is -0.752. The number of esters is 1. The van der Waals surface area contributed by atoms with Gasteiger partial charge in [0.1, 0.15) is 11.2 Å².